The molecule has 2 N–H and O–H groups in total. The lowest BCUT2D eigenvalue weighted by molar-refractivity contribution is 0.239. The molecule has 1 heterocycles. The summed E-state index contributed by atoms with van der Waals surface area (Å²) in [5.41, 5.74) is 1.17. The Kier molecular flexibility index (Phi) is 5.18. The zero-order valence-corrected chi connectivity index (χ0v) is 12.4. The number of H-pyrrole nitrogens is 1. The van der Waals surface area contributed by atoms with Crippen LogP contribution in [-0.4, -0.2) is 16.1 Å². The number of imidazole rings is 1. The summed E-state index contributed by atoms with van der Waals surface area (Å²) in [6.45, 7) is 7.00. The van der Waals surface area contributed by atoms with E-state index in [1.165, 1.54) is 5.56 Å². The first kappa shape index (κ1) is 14.6. The molecule has 0 fully saturated rings. The molecule has 0 saturated heterocycles. The molecule has 4 nitrogen and oxygen atoms in total. The topological polar surface area (TPSA) is 49.9 Å². The van der Waals surface area contributed by atoms with Crippen LogP contribution in [-0.2, 0) is 6.54 Å². The Labute approximate surface area is 120 Å². The first-order valence-corrected chi connectivity index (χ1v) is 7.18. The summed E-state index contributed by atoms with van der Waals surface area (Å²) in [4.78, 5) is 7.49. The van der Waals surface area contributed by atoms with Gasteiger partial charge in [-0.1, -0.05) is 25.1 Å². The van der Waals surface area contributed by atoms with Crippen molar-refractivity contribution in [2.75, 3.05) is 0 Å². The van der Waals surface area contributed by atoms with Crippen molar-refractivity contribution < 1.29 is 4.74 Å². The molecule has 4 heteroatoms. The standard InChI is InChI=1S/C16H23N3O/c1-4-14(16-17-9-10-18-16)19-11-13-7-5-6-8-15(13)20-12(2)3/h5-10,12,14,19H,4,11H2,1-3H3,(H,17,18). The van der Waals surface area contributed by atoms with Crippen LogP contribution in [0.15, 0.2) is 36.7 Å². The monoisotopic (exact) mass is 273 g/mol. The van der Waals surface area contributed by atoms with Crippen LogP contribution in [0.5, 0.6) is 5.75 Å². The van der Waals surface area contributed by atoms with E-state index in [1.807, 2.05) is 38.2 Å². The van der Waals surface area contributed by atoms with Gasteiger partial charge in [0.25, 0.3) is 0 Å². The van der Waals surface area contributed by atoms with E-state index in [0.29, 0.717) is 0 Å². The van der Waals surface area contributed by atoms with Crippen molar-refractivity contribution in [3.8, 4) is 5.75 Å². The Morgan fingerprint density at radius 1 is 1.30 bits per heavy atom. The van der Waals surface area contributed by atoms with Gasteiger partial charge in [-0.3, -0.25) is 0 Å². The molecule has 1 aromatic carbocycles. The number of para-hydroxylation sites is 1. The zero-order chi connectivity index (χ0) is 14.4. The molecule has 0 bridgehead atoms. The first-order valence-electron chi connectivity index (χ1n) is 7.18. The number of nitrogens with zero attached hydrogens (tertiary/aromatic N) is 1. The van der Waals surface area contributed by atoms with E-state index in [0.717, 1.165) is 24.5 Å². The molecular formula is C16H23N3O. The van der Waals surface area contributed by atoms with Crippen LogP contribution in [0.1, 0.15) is 44.6 Å². The molecule has 108 valence electrons. The average molecular weight is 273 g/mol. The van der Waals surface area contributed by atoms with E-state index in [-0.39, 0.29) is 12.1 Å². The number of aromatic nitrogens is 2. The summed E-state index contributed by atoms with van der Waals surface area (Å²) in [6.07, 6.45) is 4.81. The predicted octanol–water partition coefficient (Wildman–Crippen LogP) is 3.44. The van der Waals surface area contributed by atoms with Crippen molar-refractivity contribution in [2.45, 2.75) is 45.9 Å². The Morgan fingerprint density at radius 2 is 2.10 bits per heavy atom. The molecule has 2 aromatic rings. The quantitative estimate of drug-likeness (QED) is 0.812. The van der Waals surface area contributed by atoms with Gasteiger partial charge in [0.05, 0.1) is 12.1 Å². The summed E-state index contributed by atoms with van der Waals surface area (Å²) >= 11 is 0. The second-order valence-electron chi connectivity index (χ2n) is 5.09. The molecule has 20 heavy (non-hydrogen) atoms. The molecule has 0 aliphatic carbocycles. The van der Waals surface area contributed by atoms with Crippen molar-refractivity contribution in [1.29, 1.82) is 0 Å². The third kappa shape index (κ3) is 3.84. The van der Waals surface area contributed by atoms with Gasteiger partial charge in [0.2, 0.25) is 0 Å². The fraction of sp³-hybridized carbons (Fsp3) is 0.438. The summed E-state index contributed by atoms with van der Waals surface area (Å²) in [6, 6.07) is 8.39. The summed E-state index contributed by atoms with van der Waals surface area (Å²) in [5, 5.41) is 3.53. The van der Waals surface area contributed by atoms with Crippen LogP contribution in [0, 0.1) is 0 Å². The maximum absolute atomic E-state index is 5.84. The normalized spacial score (nSPS) is 12.6. The van der Waals surface area contributed by atoms with E-state index in [9.17, 15) is 0 Å². The van der Waals surface area contributed by atoms with Gasteiger partial charge in [-0.05, 0) is 26.3 Å². The maximum Gasteiger partial charge on any atom is 0.124 e. The number of aromatic amines is 1. The van der Waals surface area contributed by atoms with Crippen LogP contribution in [0.25, 0.3) is 0 Å². The van der Waals surface area contributed by atoms with Crippen molar-refractivity contribution in [3.05, 3.63) is 48.0 Å². The Balaban J connectivity index is 2.03. The van der Waals surface area contributed by atoms with E-state index >= 15 is 0 Å². The summed E-state index contributed by atoms with van der Waals surface area (Å²) in [5.74, 6) is 1.93. The predicted molar refractivity (Wildman–Crippen MR) is 80.7 cm³/mol. The molecule has 0 amide bonds. The number of ether oxygens (including phenoxy) is 1. The van der Waals surface area contributed by atoms with E-state index < -0.39 is 0 Å². The fourth-order valence-corrected chi connectivity index (χ4v) is 2.15. The highest BCUT2D eigenvalue weighted by atomic mass is 16.5. The third-order valence-electron chi connectivity index (χ3n) is 3.13. The Hall–Kier alpha value is -1.81. The Bertz CT molecular complexity index is 508. The largest absolute Gasteiger partial charge is 0.491 e. The second kappa shape index (κ2) is 7.10. The van der Waals surface area contributed by atoms with E-state index in [2.05, 4.69) is 28.3 Å². The van der Waals surface area contributed by atoms with Gasteiger partial charge in [0.1, 0.15) is 11.6 Å². The van der Waals surface area contributed by atoms with Crippen LogP contribution in [0.2, 0.25) is 0 Å². The minimum Gasteiger partial charge on any atom is -0.491 e. The van der Waals surface area contributed by atoms with Crippen molar-refractivity contribution in [2.24, 2.45) is 0 Å². The minimum absolute atomic E-state index is 0.184. The molecule has 1 atom stereocenters. The van der Waals surface area contributed by atoms with Gasteiger partial charge in [-0.25, -0.2) is 4.98 Å². The van der Waals surface area contributed by atoms with Gasteiger partial charge in [-0.2, -0.15) is 0 Å². The highest BCUT2D eigenvalue weighted by Crippen LogP contribution is 2.21. The van der Waals surface area contributed by atoms with Crippen molar-refractivity contribution in [3.63, 3.8) is 0 Å². The second-order valence-corrected chi connectivity index (χ2v) is 5.09. The van der Waals surface area contributed by atoms with Gasteiger partial charge >= 0.3 is 0 Å². The molecule has 2 rings (SSSR count). The smallest absolute Gasteiger partial charge is 0.124 e. The van der Waals surface area contributed by atoms with Crippen LogP contribution < -0.4 is 10.1 Å². The molecule has 1 aromatic heterocycles. The third-order valence-corrected chi connectivity index (χ3v) is 3.13. The van der Waals surface area contributed by atoms with E-state index in [1.54, 1.807) is 6.20 Å². The molecule has 0 spiro atoms. The average Bonchev–Trinajstić information content (AvgIpc) is 2.95. The maximum atomic E-state index is 5.84. The highest BCUT2D eigenvalue weighted by molar-refractivity contribution is 5.33. The molecular weight excluding hydrogens is 250 g/mol. The summed E-state index contributed by atoms with van der Waals surface area (Å²) in [7, 11) is 0. The Morgan fingerprint density at radius 3 is 2.75 bits per heavy atom. The lowest BCUT2D eigenvalue weighted by atomic mass is 10.1. The lowest BCUT2D eigenvalue weighted by Crippen LogP contribution is -2.22. The van der Waals surface area contributed by atoms with Crippen LogP contribution in [0.3, 0.4) is 0 Å². The van der Waals surface area contributed by atoms with E-state index in [4.69, 9.17) is 4.74 Å². The number of rotatable bonds is 7. The lowest BCUT2D eigenvalue weighted by Gasteiger charge is -2.18. The number of hydrogen-bond acceptors (Lipinski definition) is 3. The van der Waals surface area contributed by atoms with Crippen molar-refractivity contribution >= 4 is 0 Å². The van der Waals surface area contributed by atoms with Gasteiger partial charge < -0.3 is 15.0 Å². The molecule has 1 unspecified atom stereocenters. The zero-order valence-electron chi connectivity index (χ0n) is 12.4. The van der Waals surface area contributed by atoms with Gasteiger partial charge in [0.15, 0.2) is 0 Å². The SMILES string of the molecule is CCC(NCc1ccccc1OC(C)C)c1ncc[nH]1. The van der Waals surface area contributed by atoms with Crippen LogP contribution in [0.4, 0.5) is 0 Å². The molecule has 0 aliphatic rings. The summed E-state index contributed by atoms with van der Waals surface area (Å²) < 4.78 is 5.84. The number of hydrogen-bond donors (Lipinski definition) is 2. The van der Waals surface area contributed by atoms with Crippen LogP contribution >= 0.6 is 0 Å². The number of benzene rings is 1. The minimum atomic E-state index is 0.184. The molecule has 0 aliphatic heterocycles. The van der Waals surface area contributed by atoms with Gasteiger partial charge in [-0.15, -0.1) is 0 Å². The molecule has 0 radical (unpaired) electrons. The van der Waals surface area contributed by atoms with Gasteiger partial charge in [0, 0.05) is 24.5 Å². The fourth-order valence-electron chi connectivity index (χ4n) is 2.15. The highest BCUT2D eigenvalue weighted by Gasteiger charge is 2.12. The van der Waals surface area contributed by atoms with Crippen molar-refractivity contribution in [1.82, 2.24) is 15.3 Å². The number of nitrogens with one attached hydrogen (secondary N) is 2. The molecule has 0 saturated carbocycles. The first-order chi connectivity index (χ1) is 9.70.